The van der Waals surface area contributed by atoms with Gasteiger partial charge < -0.3 is 10.2 Å². The third kappa shape index (κ3) is 2.93. The Morgan fingerprint density at radius 1 is 1.11 bits per heavy atom. The van der Waals surface area contributed by atoms with Crippen molar-refractivity contribution in [3.8, 4) is 0 Å². The Hall–Kier alpha value is -0.860. The normalized spacial score (nSPS) is 21.8. The summed E-state index contributed by atoms with van der Waals surface area (Å²) in [5.74, 6) is 0.612. The maximum atomic E-state index is 3.63. The molecule has 0 radical (unpaired) electrons. The summed E-state index contributed by atoms with van der Waals surface area (Å²) in [6, 6.07) is 10.3. The number of hydrogen-bond donors (Lipinski definition) is 1. The molecule has 1 N–H and O–H groups in total. The second-order valence-electron chi connectivity index (χ2n) is 5.93. The van der Waals surface area contributed by atoms with Crippen molar-refractivity contribution in [3.05, 3.63) is 35.4 Å². The average Bonchev–Trinajstić information content (AvgIpc) is 2.83. The second kappa shape index (κ2) is 5.85. The van der Waals surface area contributed by atoms with Crippen LogP contribution in [0.15, 0.2) is 24.3 Å². The maximum Gasteiger partial charge on any atom is 0.0495 e. The zero-order valence-electron chi connectivity index (χ0n) is 12.1. The van der Waals surface area contributed by atoms with Crippen LogP contribution in [0.4, 0.5) is 0 Å². The Bertz CT molecular complexity index is 361. The van der Waals surface area contributed by atoms with Gasteiger partial charge in [0.2, 0.25) is 0 Å². The van der Waals surface area contributed by atoms with Gasteiger partial charge >= 0.3 is 0 Å². The average molecular weight is 246 g/mol. The van der Waals surface area contributed by atoms with Crippen LogP contribution < -0.4 is 5.32 Å². The first-order chi connectivity index (χ1) is 8.59. The molecule has 1 heterocycles. The number of nitrogens with zero attached hydrogens (tertiary/aromatic N) is 1. The fourth-order valence-electron chi connectivity index (χ4n) is 2.95. The highest BCUT2D eigenvalue weighted by Gasteiger charge is 2.27. The summed E-state index contributed by atoms with van der Waals surface area (Å²) in [5.41, 5.74) is 2.86. The first kappa shape index (κ1) is 13.6. The molecule has 0 saturated carbocycles. The van der Waals surface area contributed by atoms with Gasteiger partial charge in [-0.3, -0.25) is 0 Å². The first-order valence-electron chi connectivity index (χ1n) is 7.09. The highest BCUT2D eigenvalue weighted by atomic mass is 15.1. The second-order valence-corrected chi connectivity index (χ2v) is 5.93. The van der Waals surface area contributed by atoms with Crippen molar-refractivity contribution in [2.45, 2.75) is 44.7 Å². The summed E-state index contributed by atoms with van der Waals surface area (Å²) in [4.78, 5) is 2.34. The van der Waals surface area contributed by atoms with Gasteiger partial charge in [-0.1, -0.05) is 38.1 Å². The van der Waals surface area contributed by atoms with Crippen molar-refractivity contribution in [1.29, 1.82) is 0 Å². The van der Waals surface area contributed by atoms with Crippen molar-refractivity contribution >= 4 is 0 Å². The molecule has 0 aromatic heterocycles. The molecule has 0 amide bonds. The van der Waals surface area contributed by atoms with Crippen molar-refractivity contribution in [2.24, 2.45) is 0 Å². The quantitative estimate of drug-likeness (QED) is 0.878. The molecule has 100 valence electrons. The predicted octanol–water partition coefficient (Wildman–Crippen LogP) is 3.16. The molecular weight excluding hydrogens is 220 g/mol. The lowest BCUT2D eigenvalue weighted by Gasteiger charge is -2.30. The Labute approximate surface area is 111 Å². The highest BCUT2D eigenvalue weighted by Crippen LogP contribution is 2.28. The molecule has 1 aromatic rings. The van der Waals surface area contributed by atoms with Crippen molar-refractivity contribution in [1.82, 2.24) is 10.2 Å². The molecule has 1 aromatic carbocycles. The molecule has 1 saturated heterocycles. The molecule has 1 fully saturated rings. The molecule has 0 aliphatic carbocycles. The lowest BCUT2D eigenvalue weighted by atomic mass is 9.94. The third-order valence-electron chi connectivity index (χ3n) is 3.98. The lowest BCUT2D eigenvalue weighted by Crippen LogP contribution is -2.37. The fraction of sp³-hybridized carbons (Fsp3) is 0.625. The largest absolute Gasteiger partial charge is 0.312 e. The van der Waals surface area contributed by atoms with E-state index < -0.39 is 0 Å². The van der Waals surface area contributed by atoms with Crippen LogP contribution in [-0.4, -0.2) is 31.6 Å². The molecule has 2 nitrogen and oxygen atoms in total. The van der Waals surface area contributed by atoms with Crippen molar-refractivity contribution < 1.29 is 0 Å². The molecule has 2 rings (SSSR count). The number of benzene rings is 1. The minimum absolute atomic E-state index is 0.494. The third-order valence-corrected chi connectivity index (χ3v) is 3.98. The highest BCUT2D eigenvalue weighted by molar-refractivity contribution is 5.28. The first-order valence-corrected chi connectivity index (χ1v) is 7.09. The SMILES string of the molecule is CC(C)c1ccc(C(C2CCCN2)N(C)C)cc1. The summed E-state index contributed by atoms with van der Waals surface area (Å²) in [6.45, 7) is 5.66. The predicted molar refractivity (Wildman–Crippen MR) is 78.0 cm³/mol. The summed E-state index contributed by atoms with van der Waals surface area (Å²) in [5, 5.41) is 3.63. The smallest absolute Gasteiger partial charge is 0.0495 e. The van der Waals surface area contributed by atoms with Gasteiger partial charge in [0.05, 0.1) is 0 Å². The van der Waals surface area contributed by atoms with Crippen LogP contribution in [0.2, 0.25) is 0 Å². The van der Waals surface area contributed by atoms with Gasteiger partial charge in [-0.15, -0.1) is 0 Å². The summed E-state index contributed by atoms with van der Waals surface area (Å²) >= 11 is 0. The van der Waals surface area contributed by atoms with E-state index >= 15 is 0 Å². The molecule has 2 heteroatoms. The van der Waals surface area contributed by atoms with E-state index in [9.17, 15) is 0 Å². The molecule has 18 heavy (non-hydrogen) atoms. The number of likely N-dealkylation sites (N-methyl/N-ethyl adjacent to an activating group) is 1. The van der Waals surface area contributed by atoms with Gasteiger partial charge in [-0.2, -0.15) is 0 Å². The zero-order valence-corrected chi connectivity index (χ0v) is 12.1. The van der Waals surface area contributed by atoms with Crippen molar-refractivity contribution in [3.63, 3.8) is 0 Å². The van der Waals surface area contributed by atoms with E-state index in [0.717, 1.165) is 0 Å². The van der Waals surface area contributed by atoms with E-state index in [1.807, 2.05) is 0 Å². The summed E-state index contributed by atoms with van der Waals surface area (Å²) in [6.07, 6.45) is 2.59. The van der Waals surface area contributed by atoms with Crippen LogP contribution in [0.1, 0.15) is 49.8 Å². The van der Waals surface area contributed by atoms with Crippen LogP contribution >= 0.6 is 0 Å². The van der Waals surface area contributed by atoms with Crippen LogP contribution in [-0.2, 0) is 0 Å². The molecule has 0 spiro atoms. The van der Waals surface area contributed by atoms with E-state index in [1.165, 1.54) is 30.5 Å². The van der Waals surface area contributed by atoms with E-state index in [4.69, 9.17) is 0 Å². The van der Waals surface area contributed by atoms with Gasteiger partial charge in [-0.25, -0.2) is 0 Å². The molecule has 2 atom stereocenters. The molecular formula is C16H26N2. The number of nitrogens with one attached hydrogen (secondary N) is 1. The Kier molecular flexibility index (Phi) is 4.41. The zero-order chi connectivity index (χ0) is 13.1. The van der Waals surface area contributed by atoms with Gasteiger partial charge in [0.1, 0.15) is 0 Å². The summed E-state index contributed by atoms with van der Waals surface area (Å²) < 4.78 is 0. The van der Waals surface area contributed by atoms with E-state index in [2.05, 4.69) is 62.4 Å². The Morgan fingerprint density at radius 3 is 2.17 bits per heavy atom. The fourth-order valence-corrected chi connectivity index (χ4v) is 2.95. The number of hydrogen-bond acceptors (Lipinski definition) is 2. The Balaban J connectivity index is 2.19. The molecule has 1 aliphatic rings. The van der Waals surface area contributed by atoms with Crippen molar-refractivity contribution in [2.75, 3.05) is 20.6 Å². The van der Waals surface area contributed by atoms with Gasteiger partial charge in [0.15, 0.2) is 0 Å². The molecule has 1 aliphatic heterocycles. The van der Waals surface area contributed by atoms with Gasteiger partial charge in [0.25, 0.3) is 0 Å². The topological polar surface area (TPSA) is 15.3 Å². The van der Waals surface area contributed by atoms with Crippen LogP contribution in [0, 0.1) is 0 Å². The summed E-state index contributed by atoms with van der Waals surface area (Å²) in [7, 11) is 4.36. The molecule has 0 bridgehead atoms. The van der Waals surface area contributed by atoms with Gasteiger partial charge in [0, 0.05) is 12.1 Å². The van der Waals surface area contributed by atoms with Crippen LogP contribution in [0.25, 0.3) is 0 Å². The van der Waals surface area contributed by atoms with E-state index in [0.29, 0.717) is 18.0 Å². The number of rotatable bonds is 4. The van der Waals surface area contributed by atoms with E-state index in [1.54, 1.807) is 0 Å². The molecule has 2 unspecified atom stereocenters. The minimum Gasteiger partial charge on any atom is -0.312 e. The standard InChI is InChI=1S/C16H26N2/c1-12(2)13-7-9-14(10-8-13)16(18(3)4)15-6-5-11-17-15/h7-10,12,15-17H,5-6,11H2,1-4H3. The Morgan fingerprint density at radius 2 is 1.72 bits per heavy atom. The minimum atomic E-state index is 0.494. The van der Waals surface area contributed by atoms with Crippen LogP contribution in [0.5, 0.6) is 0 Å². The lowest BCUT2D eigenvalue weighted by molar-refractivity contribution is 0.244. The monoisotopic (exact) mass is 246 g/mol. The van der Waals surface area contributed by atoms with Gasteiger partial charge in [-0.05, 0) is 50.5 Å². The van der Waals surface area contributed by atoms with Crippen LogP contribution in [0.3, 0.4) is 0 Å². The maximum absolute atomic E-state index is 3.63. The van der Waals surface area contributed by atoms with E-state index in [-0.39, 0.29) is 0 Å².